The number of anilines is 1. The molecule has 4 nitrogen and oxygen atoms in total. The molecule has 0 spiro atoms. The molecule has 5 heteroatoms. The standard InChI is InChI=1S/C14H16ClN3O/c1-10-12(15)16-9-17-13(10)18-14(2,8-19)11-6-4-3-5-7-11/h3-7,9,19H,8H2,1-2H3,(H,16,17,18). The van der Waals surface area contributed by atoms with Crippen molar-refractivity contribution in [1.82, 2.24) is 9.97 Å². The Bertz CT molecular complexity index is 562. The van der Waals surface area contributed by atoms with Gasteiger partial charge in [-0.15, -0.1) is 0 Å². The zero-order valence-corrected chi connectivity index (χ0v) is 11.6. The molecule has 2 rings (SSSR count). The largest absolute Gasteiger partial charge is 0.394 e. The predicted octanol–water partition coefficient (Wildman–Crippen LogP) is 2.76. The van der Waals surface area contributed by atoms with Crippen LogP contribution in [0.4, 0.5) is 5.82 Å². The van der Waals surface area contributed by atoms with Gasteiger partial charge in [-0.25, -0.2) is 9.97 Å². The summed E-state index contributed by atoms with van der Waals surface area (Å²) < 4.78 is 0. The third kappa shape index (κ3) is 2.85. The number of nitrogens with one attached hydrogen (secondary N) is 1. The second kappa shape index (κ2) is 5.55. The lowest BCUT2D eigenvalue weighted by atomic mass is 9.93. The third-order valence-electron chi connectivity index (χ3n) is 3.14. The molecule has 0 aliphatic heterocycles. The summed E-state index contributed by atoms with van der Waals surface area (Å²) in [7, 11) is 0. The predicted molar refractivity (Wildman–Crippen MR) is 76.3 cm³/mol. The van der Waals surface area contributed by atoms with Crippen molar-refractivity contribution in [2.75, 3.05) is 11.9 Å². The first kappa shape index (κ1) is 13.8. The number of rotatable bonds is 4. The van der Waals surface area contributed by atoms with Crippen molar-refractivity contribution in [3.63, 3.8) is 0 Å². The van der Waals surface area contributed by atoms with Gasteiger partial charge in [0.2, 0.25) is 0 Å². The molecule has 1 heterocycles. The Kier molecular flexibility index (Phi) is 4.02. The summed E-state index contributed by atoms with van der Waals surface area (Å²) in [6, 6.07) is 9.73. The van der Waals surface area contributed by atoms with E-state index >= 15 is 0 Å². The zero-order valence-electron chi connectivity index (χ0n) is 10.9. The van der Waals surface area contributed by atoms with Gasteiger partial charge in [-0.3, -0.25) is 0 Å². The number of benzene rings is 1. The molecule has 0 amide bonds. The number of halogens is 1. The topological polar surface area (TPSA) is 58.0 Å². The average Bonchev–Trinajstić information content (AvgIpc) is 2.45. The number of hydrogen-bond donors (Lipinski definition) is 2. The summed E-state index contributed by atoms with van der Waals surface area (Å²) in [5.41, 5.74) is 1.12. The van der Waals surface area contributed by atoms with Gasteiger partial charge in [-0.1, -0.05) is 41.9 Å². The number of nitrogens with zero attached hydrogens (tertiary/aromatic N) is 2. The Morgan fingerprint density at radius 1 is 1.26 bits per heavy atom. The van der Waals surface area contributed by atoms with Gasteiger partial charge in [0.1, 0.15) is 17.3 Å². The van der Waals surface area contributed by atoms with Crippen LogP contribution in [0.2, 0.25) is 5.15 Å². The monoisotopic (exact) mass is 277 g/mol. The molecule has 0 bridgehead atoms. The van der Waals surface area contributed by atoms with Gasteiger partial charge in [-0.05, 0) is 19.4 Å². The van der Waals surface area contributed by atoms with Crippen molar-refractivity contribution < 1.29 is 5.11 Å². The summed E-state index contributed by atoms with van der Waals surface area (Å²) in [5.74, 6) is 0.625. The van der Waals surface area contributed by atoms with E-state index in [0.29, 0.717) is 11.0 Å². The Labute approximate surface area is 117 Å². The van der Waals surface area contributed by atoms with Gasteiger partial charge in [0.25, 0.3) is 0 Å². The van der Waals surface area contributed by atoms with E-state index in [4.69, 9.17) is 11.6 Å². The SMILES string of the molecule is Cc1c(Cl)ncnc1NC(C)(CO)c1ccccc1. The molecular formula is C14H16ClN3O. The maximum Gasteiger partial charge on any atom is 0.137 e. The van der Waals surface area contributed by atoms with Gasteiger partial charge in [0.15, 0.2) is 0 Å². The molecule has 100 valence electrons. The van der Waals surface area contributed by atoms with Crippen molar-refractivity contribution in [3.8, 4) is 0 Å². The van der Waals surface area contributed by atoms with Crippen molar-refractivity contribution in [2.24, 2.45) is 0 Å². The van der Waals surface area contributed by atoms with Gasteiger partial charge in [0.05, 0.1) is 12.1 Å². The molecule has 0 radical (unpaired) electrons. The molecule has 0 aliphatic carbocycles. The van der Waals surface area contributed by atoms with Crippen LogP contribution >= 0.6 is 11.6 Å². The van der Waals surface area contributed by atoms with Crippen LogP contribution in [0.15, 0.2) is 36.7 Å². The number of hydrogen-bond acceptors (Lipinski definition) is 4. The highest BCUT2D eigenvalue weighted by Gasteiger charge is 2.26. The van der Waals surface area contributed by atoms with E-state index in [1.807, 2.05) is 44.2 Å². The zero-order chi connectivity index (χ0) is 13.9. The minimum Gasteiger partial charge on any atom is -0.394 e. The van der Waals surface area contributed by atoms with Crippen molar-refractivity contribution >= 4 is 17.4 Å². The van der Waals surface area contributed by atoms with Crippen LogP contribution in [0.5, 0.6) is 0 Å². The van der Waals surface area contributed by atoms with Crippen molar-refractivity contribution in [3.05, 3.63) is 52.9 Å². The lowest BCUT2D eigenvalue weighted by Crippen LogP contribution is -2.36. The molecule has 1 unspecified atom stereocenters. The van der Waals surface area contributed by atoms with E-state index in [1.54, 1.807) is 0 Å². The molecule has 2 N–H and O–H groups in total. The van der Waals surface area contributed by atoms with Crippen LogP contribution < -0.4 is 5.32 Å². The lowest BCUT2D eigenvalue weighted by molar-refractivity contribution is 0.223. The van der Waals surface area contributed by atoms with E-state index in [0.717, 1.165) is 11.1 Å². The smallest absolute Gasteiger partial charge is 0.137 e. The fourth-order valence-electron chi connectivity index (χ4n) is 1.82. The Balaban J connectivity index is 2.36. The normalized spacial score (nSPS) is 13.9. The Hall–Kier alpha value is -1.65. The molecular weight excluding hydrogens is 262 g/mol. The van der Waals surface area contributed by atoms with E-state index in [1.165, 1.54) is 6.33 Å². The highest BCUT2D eigenvalue weighted by atomic mass is 35.5. The number of aliphatic hydroxyl groups is 1. The Morgan fingerprint density at radius 2 is 1.95 bits per heavy atom. The quantitative estimate of drug-likeness (QED) is 0.844. The van der Waals surface area contributed by atoms with Crippen LogP contribution in [-0.4, -0.2) is 21.7 Å². The van der Waals surface area contributed by atoms with Gasteiger partial charge in [0, 0.05) is 5.56 Å². The van der Waals surface area contributed by atoms with Crippen LogP contribution in [0.25, 0.3) is 0 Å². The molecule has 19 heavy (non-hydrogen) atoms. The molecule has 2 aromatic rings. The molecule has 1 aromatic heterocycles. The first-order valence-electron chi connectivity index (χ1n) is 5.98. The first-order chi connectivity index (χ1) is 9.07. The van der Waals surface area contributed by atoms with E-state index in [-0.39, 0.29) is 6.61 Å². The second-order valence-electron chi connectivity index (χ2n) is 4.62. The fraction of sp³-hybridized carbons (Fsp3) is 0.286. The molecule has 0 saturated carbocycles. The molecule has 0 aliphatic rings. The average molecular weight is 278 g/mol. The fourth-order valence-corrected chi connectivity index (χ4v) is 1.96. The van der Waals surface area contributed by atoms with Crippen molar-refractivity contribution in [1.29, 1.82) is 0 Å². The number of aromatic nitrogens is 2. The van der Waals surface area contributed by atoms with Gasteiger partial charge in [-0.2, -0.15) is 0 Å². The summed E-state index contributed by atoms with van der Waals surface area (Å²) in [6.45, 7) is 3.70. The third-order valence-corrected chi connectivity index (χ3v) is 3.53. The van der Waals surface area contributed by atoms with Crippen LogP contribution in [0, 0.1) is 6.92 Å². The number of aliphatic hydroxyl groups excluding tert-OH is 1. The van der Waals surface area contributed by atoms with Crippen LogP contribution in [0.1, 0.15) is 18.1 Å². The summed E-state index contributed by atoms with van der Waals surface area (Å²) in [6.07, 6.45) is 1.40. The van der Waals surface area contributed by atoms with Gasteiger partial charge < -0.3 is 10.4 Å². The molecule has 1 aromatic carbocycles. The first-order valence-corrected chi connectivity index (χ1v) is 6.36. The second-order valence-corrected chi connectivity index (χ2v) is 4.98. The van der Waals surface area contributed by atoms with Crippen LogP contribution in [0.3, 0.4) is 0 Å². The lowest BCUT2D eigenvalue weighted by Gasteiger charge is -2.30. The summed E-state index contributed by atoms with van der Waals surface area (Å²) in [4.78, 5) is 8.10. The van der Waals surface area contributed by atoms with Crippen molar-refractivity contribution in [2.45, 2.75) is 19.4 Å². The van der Waals surface area contributed by atoms with E-state index in [9.17, 15) is 5.11 Å². The maximum atomic E-state index is 9.72. The highest BCUT2D eigenvalue weighted by Crippen LogP contribution is 2.27. The minimum atomic E-state index is -0.621. The summed E-state index contributed by atoms with van der Waals surface area (Å²) in [5, 5.41) is 13.4. The minimum absolute atomic E-state index is 0.0575. The van der Waals surface area contributed by atoms with E-state index in [2.05, 4.69) is 15.3 Å². The Morgan fingerprint density at radius 3 is 2.58 bits per heavy atom. The molecule has 0 saturated heterocycles. The molecule has 1 atom stereocenters. The van der Waals surface area contributed by atoms with Gasteiger partial charge >= 0.3 is 0 Å². The maximum absolute atomic E-state index is 9.72. The van der Waals surface area contributed by atoms with E-state index < -0.39 is 5.54 Å². The summed E-state index contributed by atoms with van der Waals surface area (Å²) >= 11 is 5.98. The highest BCUT2D eigenvalue weighted by molar-refractivity contribution is 6.30. The van der Waals surface area contributed by atoms with Crippen LogP contribution in [-0.2, 0) is 5.54 Å². The molecule has 0 fully saturated rings.